The molecular formula is C18H22N4O5. The summed E-state index contributed by atoms with van der Waals surface area (Å²) in [4.78, 5) is 28.5. The van der Waals surface area contributed by atoms with E-state index in [0.29, 0.717) is 42.5 Å². The van der Waals surface area contributed by atoms with E-state index in [0.717, 1.165) is 4.57 Å². The molecule has 3 N–H and O–H groups in total. The molecule has 0 bridgehead atoms. The number of nitrogens with zero attached hydrogens (tertiary/aromatic N) is 4. The fourth-order valence-electron chi connectivity index (χ4n) is 3.10. The van der Waals surface area contributed by atoms with Gasteiger partial charge in [0.25, 0.3) is 5.56 Å². The molecule has 1 atom stereocenters. The topological polar surface area (TPSA) is 123 Å². The summed E-state index contributed by atoms with van der Waals surface area (Å²) in [5.74, 6) is -0.494. The molecule has 27 heavy (non-hydrogen) atoms. The number of imidazole rings is 1. The van der Waals surface area contributed by atoms with Crippen LogP contribution in [0.5, 0.6) is 11.5 Å². The second-order valence-corrected chi connectivity index (χ2v) is 6.58. The third-order valence-corrected chi connectivity index (χ3v) is 4.73. The van der Waals surface area contributed by atoms with Gasteiger partial charge in [-0.15, -0.1) is 0 Å². The summed E-state index contributed by atoms with van der Waals surface area (Å²) in [6.07, 6.45) is 2.62. The maximum Gasteiger partial charge on any atom is 0.332 e. The first-order chi connectivity index (χ1) is 12.8. The highest BCUT2D eigenvalue weighted by molar-refractivity contribution is 5.69. The van der Waals surface area contributed by atoms with Gasteiger partial charge in [0.05, 0.1) is 12.4 Å². The molecule has 0 saturated heterocycles. The number of rotatable bonds is 6. The molecule has 144 valence electrons. The van der Waals surface area contributed by atoms with Crippen molar-refractivity contribution in [3.8, 4) is 11.5 Å². The van der Waals surface area contributed by atoms with Crippen molar-refractivity contribution in [2.75, 3.05) is 0 Å². The van der Waals surface area contributed by atoms with Gasteiger partial charge in [0, 0.05) is 20.6 Å². The number of aliphatic hydroxyl groups excluding tert-OH is 1. The lowest BCUT2D eigenvalue weighted by Crippen LogP contribution is -2.37. The lowest BCUT2D eigenvalue weighted by atomic mass is 10.0. The van der Waals surface area contributed by atoms with Gasteiger partial charge in [-0.05, 0) is 37.0 Å². The lowest BCUT2D eigenvalue weighted by molar-refractivity contribution is 0.162. The minimum Gasteiger partial charge on any atom is -0.504 e. The average Bonchev–Trinajstić information content (AvgIpc) is 3.08. The van der Waals surface area contributed by atoms with Crippen LogP contribution >= 0.6 is 0 Å². The minimum atomic E-state index is -0.760. The standard InChI is InChI=1S/C18H22N4O5/c1-20-16-15(17(26)21(2)18(20)27)22(10-19-16)8-4-3-5-12(23)11-6-7-13(24)14(25)9-11/h6-7,9-10,12,23-25H,3-5,8H2,1-2H3. The summed E-state index contributed by atoms with van der Waals surface area (Å²) in [5, 5.41) is 29.0. The molecule has 3 aromatic rings. The number of aryl methyl sites for hydroxylation is 2. The summed E-state index contributed by atoms with van der Waals surface area (Å²) in [6.45, 7) is 0.525. The quantitative estimate of drug-likeness (QED) is 0.432. The molecule has 9 heteroatoms. The smallest absolute Gasteiger partial charge is 0.332 e. The molecule has 0 aliphatic heterocycles. The molecule has 0 fully saturated rings. The molecule has 1 aromatic carbocycles. The first-order valence-electron chi connectivity index (χ1n) is 8.62. The van der Waals surface area contributed by atoms with Crippen molar-refractivity contribution < 1.29 is 15.3 Å². The fourth-order valence-corrected chi connectivity index (χ4v) is 3.10. The van der Waals surface area contributed by atoms with Crippen LogP contribution in [0.2, 0.25) is 0 Å². The van der Waals surface area contributed by atoms with Crippen LogP contribution in [0.1, 0.15) is 30.9 Å². The molecule has 3 rings (SSSR count). The van der Waals surface area contributed by atoms with E-state index in [4.69, 9.17) is 0 Å². The Bertz CT molecular complexity index is 1100. The van der Waals surface area contributed by atoms with Crippen molar-refractivity contribution in [2.45, 2.75) is 31.9 Å². The Labute approximate surface area is 154 Å². The number of phenols is 2. The van der Waals surface area contributed by atoms with Crippen molar-refractivity contribution >= 4 is 11.2 Å². The summed E-state index contributed by atoms with van der Waals surface area (Å²) in [7, 11) is 3.01. The van der Waals surface area contributed by atoms with Crippen LogP contribution in [0, 0.1) is 0 Å². The highest BCUT2D eigenvalue weighted by Crippen LogP contribution is 2.29. The monoisotopic (exact) mass is 374 g/mol. The van der Waals surface area contributed by atoms with Crippen molar-refractivity contribution in [3.63, 3.8) is 0 Å². The number of phenolic OH excluding ortho intramolecular Hbond substituents is 2. The van der Waals surface area contributed by atoms with Crippen molar-refractivity contribution in [3.05, 3.63) is 50.9 Å². The first-order valence-corrected chi connectivity index (χ1v) is 8.62. The van der Waals surface area contributed by atoms with Gasteiger partial charge in [-0.25, -0.2) is 9.78 Å². The average molecular weight is 374 g/mol. The van der Waals surface area contributed by atoms with E-state index in [1.165, 1.54) is 23.7 Å². The number of aromatic nitrogens is 4. The highest BCUT2D eigenvalue weighted by atomic mass is 16.3. The van der Waals surface area contributed by atoms with Crippen LogP contribution in [0.15, 0.2) is 34.1 Å². The maximum atomic E-state index is 12.4. The van der Waals surface area contributed by atoms with Gasteiger partial charge in [0.1, 0.15) is 0 Å². The Balaban J connectivity index is 1.67. The third-order valence-electron chi connectivity index (χ3n) is 4.73. The van der Waals surface area contributed by atoms with E-state index in [1.807, 2.05) is 0 Å². The SMILES string of the molecule is Cn1c(=O)c2c(ncn2CCCCC(O)c2ccc(O)c(O)c2)n(C)c1=O. The summed E-state index contributed by atoms with van der Waals surface area (Å²) in [5.41, 5.74) is 0.455. The number of aromatic hydroxyl groups is 2. The van der Waals surface area contributed by atoms with Crippen LogP contribution in [-0.2, 0) is 20.6 Å². The number of fused-ring (bicyclic) bond motifs is 1. The molecular weight excluding hydrogens is 352 g/mol. The van der Waals surface area contributed by atoms with Gasteiger partial charge in [-0.1, -0.05) is 6.07 Å². The van der Waals surface area contributed by atoms with E-state index in [1.54, 1.807) is 24.0 Å². The fraction of sp³-hybridized carbons (Fsp3) is 0.389. The van der Waals surface area contributed by atoms with Gasteiger partial charge in [-0.3, -0.25) is 13.9 Å². The van der Waals surface area contributed by atoms with Crippen LogP contribution < -0.4 is 11.2 Å². The molecule has 0 aliphatic carbocycles. The number of aliphatic hydroxyl groups is 1. The number of hydrogen-bond donors (Lipinski definition) is 3. The molecule has 0 radical (unpaired) electrons. The lowest BCUT2D eigenvalue weighted by Gasteiger charge is -2.12. The van der Waals surface area contributed by atoms with Gasteiger partial charge in [-0.2, -0.15) is 0 Å². The van der Waals surface area contributed by atoms with Gasteiger partial charge in [0.15, 0.2) is 22.7 Å². The Morgan fingerprint density at radius 1 is 1.07 bits per heavy atom. The van der Waals surface area contributed by atoms with Gasteiger partial charge >= 0.3 is 5.69 Å². The third kappa shape index (κ3) is 3.45. The second-order valence-electron chi connectivity index (χ2n) is 6.58. The zero-order chi connectivity index (χ0) is 19.7. The second kappa shape index (κ2) is 7.28. The molecule has 2 heterocycles. The van der Waals surface area contributed by atoms with Gasteiger partial charge in [0.2, 0.25) is 0 Å². The van der Waals surface area contributed by atoms with Crippen LogP contribution in [0.3, 0.4) is 0 Å². The maximum absolute atomic E-state index is 12.4. The van der Waals surface area contributed by atoms with E-state index in [-0.39, 0.29) is 17.1 Å². The molecule has 0 saturated carbocycles. The molecule has 9 nitrogen and oxygen atoms in total. The van der Waals surface area contributed by atoms with E-state index in [2.05, 4.69) is 4.98 Å². The first kappa shape index (κ1) is 18.7. The molecule has 0 amide bonds. The summed E-state index contributed by atoms with van der Waals surface area (Å²) < 4.78 is 4.12. The van der Waals surface area contributed by atoms with Crippen LogP contribution in [-0.4, -0.2) is 34.0 Å². The summed E-state index contributed by atoms with van der Waals surface area (Å²) in [6, 6.07) is 4.24. The molecule has 0 aliphatic rings. The predicted octanol–water partition coefficient (Wildman–Crippen LogP) is 0.749. The summed E-state index contributed by atoms with van der Waals surface area (Å²) >= 11 is 0. The molecule has 2 aromatic heterocycles. The number of hydrogen-bond acceptors (Lipinski definition) is 6. The predicted molar refractivity (Wildman–Crippen MR) is 98.8 cm³/mol. The highest BCUT2D eigenvalue weighted by Gasteiger charge is 2.14. The van der Waals surface area contributed by atoms with Crippen molar-refractivity contribution in [1.29, 1.82) is 0 Å². The van der Waals surface area contributed by atoms with Gasteiger partial charge < -0.3 is 19.9 Å². The van der Waals surface area contributed by atoms with Crippen molar-refractivity contribution in [2.24, 2.45) is 14.1 Å². The molecule has 1 unspecified atom stereocenters. The minimum absolute atomic E-state index is 0.228. The normalized spacial score (nSPS) is 12.6. The van der Waals surface area contributed by atoms with E-state index < -0.39 is 11.8 Å². The zero-order valence-corrected chi connectivity index (χ0v) is 15.2. The molecule has 0 spiro atoms. The Kier molecular flexibility index (Phi) is 5.04. The largest absolute Gasteiger partial charge is 0.504 e. The zero-order valence-electron chi connectivity index (χ0n) is 15.2. The van der Waals surface area contributed by atoms with E-state index >= 15 is 0 Å². The number of benzene rings is 1. The van der Waals surface area contributed by atoms with E-state index in [9.17, 15) is 24.9 Å². The Hall–Kier alpha value is -3.07. The van der Waals surface area contributed by atoms with Crippen LogP contribution in [0.25, 0.3) is 11.2 Å². The van der Waals surface area contributed by atoms with Crippen LogP contribution in [0.4, 0.5) is 0 Å². The number of unbranched alkanes of at least 4 members (excludes halogenated alkanes) is 1. The Morgan fingerprint density at radius 3 is 2.52 bits per heavy atom. The van der Waals surface area contributed by atoms with Crippen molar-refractivity contribution in [1.82, 2.24) is 18.7 Å². The Morgan fingerprint density at radius 2 is 1.81 bits per heavy atom.